The van der Waals surface area contributed by atoms with Gasteiger partial charge in [0.15, 0.2) is 0 Å². The number of carbonyl (C=O) groups is 1. The molecule has 0 bridgehead atoms. The lowest BCUT2D eigenvalue weighted by Gasteiger charge is -2.36. The molecule has 1 N–H and O–H groups in total. The molecule has 24 heavy (non-hydrogen) atoms. The molecule has 0 saturated carbocycles. The average Bonchev–Trinajstić information content (AvgIpc) is 3.07. The van der Waals surface area contributed by atoms with Crippen molar-refractivity contribution in [3.8, 4) is 0 Å². The quantitative estimate of drug-likeness (QED) is 0.916. The van der Waals surface area contributed by atoms with Gasteiger partial charge in [-0.3, -0.25) is 4.79 Å². The molecule has 1 fully saturated rings. The number of benzene rings is 1. The van der Waals surface area contributed by atoms with Crippen LogP contribution in [0.5, 0.6) is 0 Å². The summed E-state index contributed by atoms with van der Waals surface area (Å²) in [6.45, 7) is 0.642. The second kappa shape index (κ2) is 7.25. The molecule has 5 nitrogen and oxygen atoms in total. The number of nitrogens with zero attached hydrogens (tertiary/aromatic N) is 2. The van der Waals surface area contributed by atoms with Gasteiger partial charge in [-0.15, -0.1) is 0 Å². The predicted molar refractivity (Wildman–Crippen MR) is 83.4 cm³/mol. The second-order valence-corrected chi connectivity index (χ2v) is 6.15. The molecule has 3 rings (SSSR count). The predicted octanol–water partition coefficient (Wildman–Crippen LogP) is 2.22. The number of carbonyl (C=O) groups excluding carboxylic acids is 1. The van der Waals surface area contributed by atoms with Gasteiger partial charge in [-0.2, -0.15) is 0 Å². The van der Waals surface area contributed by atoms with Crippen LogP contribution in [0, 0.1) is 11.6 Å². The maximum absolute atomic E-state index is 13.8. The van der Waals surface area contributed by atoms with E-state index in [-0.39, 0.29) is 36.3 Å². The van der Waals surface area contributed by atoms with Crippen LogP contribution in [0.3, 0.4) is 0 Å². The highest BCUT2D eigenvalue weighted by molar-refractivity contribution is 6.04. The number of aliphatic hydroxyl groups is 1. The average molecular weight is 338 g/mol. The van der Waals surface area contributed by atoms with E-state index in [0.29, 0.717) is 13.0 Å². The summed E-state index contributed by atoms with van der Waals surface area (Å²) in [7, 11) is 0. The lowest BCUT2D eigenvalue weighted by molar-refractivity contribution is -0.146. The van der Waals surface area contributed by atoms with Crippen molar-refractivity contribution < 1.29 is 23.5 Å². The van der Waals surface area contributed by atoms with E-state index in [1.165, 1.54) is 0 Å². The van der Waals surface area contributed by atoms with Crippen LogP contribution in [0.1, 0.15) is 37.7 Å². The Morgan fingerprint density at radius 1 is 1.38 bits per heavy atom. The van der Waals surface area contributed by atoms with E-state index in [2.05, 4.69) is 5.16 Å². The van der Waals surface area contributed by atoms with Crippen molar-refractivity contribution in [2.24, 2.45) is 5.16 Å². The molecule has 1 amide bonds. The van der Waals surface area contributed by atoms with Gasteiger partial charge < -0.3 is 14.8 Å². The molecule has 1 aromatic carbocycles. The van der Waals surface area contributed by atoms with Crippen molar-refractivity contribution in [1.82, 2.24) is 4.90 Å². The van der Waals surface area contributed by atoms with E-state index in [0.717, 1.165) is 37.5 Å². The number of rotatable bonds is 4. The zero-order valence-electron chi connectivity index (χ0n) is 13.3. The molecule has 0 aliphatic carbocycles. The Kier molecular flexibility index (Phi) is 5.08. The largest absolute Gasteiger partial charge is 0.396 e. The fourth-order valence-corrected chi connectivity index (χ4v) is 3.31. The number of likely N-dealkylation sites (tertiary alicyclic amines) is 1. The smallest absolute Gasteiger partial charge is 0.267 e. The molecule has 130 valence electrons. The Morgan fingerprint density at radius 3 is 3.00 bits per heavy atom. The number of hydrogen-bond acceptors (Lipinski definition) is 4. The SMILES string of the molecule is O=C(C1CC(c2cc(F)ccc2F)=NO1)N1CCCCC1CCO. The van der Waals surface area contributed by atoms with Crippen molar-refractivity contribution in [2.45, 2.75) is 44.2 Å². The van der Waals surface area contributed by atoms with E-state index >= 15 is 0 Å². The molecule has 0 aromatic heterocycles. The monoisotopic (exact) mass is 338 g/mol. The summed E-state index contributed by atoms with van der Waals surface area (Å²) >= 11 is 0. The Hall–Kier alpha value is -2.02. The number of piperidine rings is 1. The molecule has 2 aliphatic rings. The molecule has 2 aliphatic heterocycles. The molecule has 2 heterocycles. The Labute approximate surface area is 138 Å². The number of hydrogen-bond donors (Lipinski definition) is 1. The molecular formula is C17H20F2N2O3. The van der Waals surface area contributed by atoms with Gasteiger partial charge in [0.05, 0.1) is 5.71 Å². The van der Waals surface area contributed by atoms with Gasteiger partial charge in [0, 0.05) is 31.2 Å². The third kappa shape index (κ3) is 3.40. The molecule has 0 spiro atoms. The molecule has 7 heteroatoms. The Balaban J connectivity index is 1.69. The summed E-state index contributed by atoms with van der Waals surface area (Å²) in [4.78, 5) is 19.6. The normalized spacial score (nSPS) is 23.8. The zero-order chi connectivity index (χ0) is 17.1. The van der Waals surface area contributed by atoms with Crippen LogP contribution >= 0.6 is 0 Å². The fraction of sp³-hybridized carbons (Fsp3) is 0.529. The summed E-state index contributed by atoms with van der Waals surface area (Å²) in [5.74, 6) is -1.37. The van der Waals surface area contributed by atoms with Crippen LogP contribution in [0.2, 0.25) is 0 Å². The van der Waals surface area contributed by atoms with Gasteiger partial charge in [-0.05, 0) is 43.9 Å². The third-order valence-electron chi connectivity index (χ3n) is 4.56. The summed E-state index contributed by atoms with van der Waals surface area (Å²) in [5.41, 5.74) is 0.261. The number of aliphatic hydroxyl groups excluding tert-OH is 1. The van der Waals surface area contributed by atoms with Gasteiger partial charge in [0.2, 0.25) is 6.10 Å². The number of amides is 1. The third-order valence-corrected chi connectivity index (χ3v) is 4.56. The van der Waals surface area contributed by atoms with Crippen LogP contribution < -0.4 is 0 Å². The van der Waals surface area contributed by atoms with Crippen molar-refractivity contribution >= 4 is 11.6 Å². The molecule has 1 saturated heterocycles. The van der Waals surface area contributed by atoms with E-state index in [1.54, 1.807) is 4.90 Å². The first-order valence-electron chi connectivity index (χ1n) is 8.19. The second-order valence-electron chi connectivity index (χ2n) is 6.15. The highest BCUT2D eigenvalue weighted by Gasteiger charge is 2.36. The zero-order valence-corrected chi connectivity index (χ0v) is 13.3. The van der Waals surface area contributed by atoms with Crippen LogP contribution in [-0.4, -0.2) is 46.9 Å². The number of oxime groups is 1. The van der Waals surface area contributed by atoms with Crippen LogP contribution in [-0.2, 0) is 9.63 Å². The Bertz CT molecular complexity index is 649. The minimum Gasteiger partial charge on any atom is -0.396 e. The van der Waals surface area contributed by atoms with E-state index in [4.69, 9.17) is 9.94 Å². The summed E-state index contributed by atoms with van der Waals surface area (Å²) in [6, 6.07) is 3.12. The lowest BCUT2D eigenvalue weighted by Crippen LogP contribution is -2.48. The topological polar surface area (TPSA) is 62.1 Å². The summed E-state index contributed by atoms with van der Waals surface area (Å²) < 4.78 is 27.2. The van der Waals surface area contributed by atoms with Crippen molar-refractivity contribution in [3.05, 3.63) is 35.4 Å². The fourth-order valence-electron chi connectivity index (χ4n) is 3.31. The Morgan fingerprint density at radius 2 is 2.21 bits per heavy atom. The molecule has 2 atom stereocenters. The summed E-state index contributed by atoms with van der Waals surface area (Å²) in [5, 5.41) is 13.0. The first-order chi connectivity index (χ1) is 11.6. The highest BCUT2D eigenvalue weighted by Crippen LogP contribution is 2.25. The van der Waals surface area contributed by atoms with Gasteiger partial charge in [0.1, 0.15) is 11.6 Å². The van der Waals surface area contributed by atoms with Gasteiger partial charge in [-0.1, -0.05) is 5.16 Å². The lowest BCUT2D eigenvalue weighted by atomic mass is 9.97. The van der Waals surface area contributed by atoms with Crippen molar-refractivity contribution in [1.29, 1.82) is 0 Å². The molecule has 1 aromatic rings. The molecule has 2 unspecified atom stereocenters. The van der Waals surface area contributed by atoms with Crippen molar-refractivity contribution in [2.75, 3.05) is 13.2 Å². The van der Waals surface area contributed by atoms with E-state index in [9.17, 15) is 13.6 Å². The number of halogens is 2. The maximum Gasteiger partial charge on any atom is 0.267 e. The van der Waals surface area contributed by atoms with Crippen LogP contribution in [0.4, 0.5) is 8.78 Å². The van der Waals surface area contributed by atoms with E-state index in [1.807, 2.05) is 0 Å². The van der Waals surface area contributed by atoms with Gasteiger partial charge in [0.25, 0.3) is 5.91 Å². The first-order valence-corrected chi connectivity index (χ1v) is 8.19. The first kappa shape index (κ1) is 16.8. The standard InChI is InChI=1S/C17H20F2N2O3/c18-11-4-5-14(19)13(9-11)15-10-16(24-20-15)17(23)21-7-2-1-3-12(21)6-8-22/h4-5,9,12,16,22H,1-3,6-8,10H2. The molecular weight excluding hydrogens is 318 g/mol. The van der Waals surface area contributed by atoms with Crippen LogP contribution in [0.25, 0.3) is 0 Å². The minimum atomic E-state index is -0.818. The maximum atomic E-state index is 13.8. The highest BCUT2D eigenvalue weighted by atomic mass is 19.1. The van der Waals surface area contributed by atoms with Crippen molar-refractivity contribution in [3.63, 3.8) is 0 Å². The van der Waals surface area contributed by atoms with Crippen LogP contribution in [0.15, 0.2) is 23.4 Å². The van der Waals surface area contributed by atoms with Gasteiger partial charge >= 0.3 is 0 Å². The summed E-state index contributed by atoms with van der Waals surface area (Å²) in [6.07, 6.45) is 2.61. The minimum absolute atomic E-state index is 0.00481. The molecule has 0 radical (unpaired) electrons. The van der Waals surface area contributed by atoms with E-state index < -0.39 is 17.7 Å². The van der Waals surface area contributed by atoms with Gasteiger partial charge in [-0.25, -0.2) is 8.78 Å².